The van der Waals surface area contributed by atoms with E-state index in [0.29, 0.717) is 6.54 Å². The molecule has 5 nitrogen and oxygen atoms in total. The molecule has 0 radical (unpaired) electrons. The molecule has 0 fully saturated rings. The van der Waals surface area contributed by atoms with Crippen LogP contribution in [0.15, 0.2) is 0 Å². The fourth-order valence-corrected chi connectivity index (χ4v) is 0.933. The van der Waals surface area contributed by atoms with E-state index in [1.165, 1.54) is 0 Å². The van der Waals surface area contributed by atoms with Gasteiger partial charge >= 0.3 is 0 Å². The summed E-state index contributed by atoms with van der Waals surface area (Å²) < 4.78 is 28.6. The second-order valence-electron chi connectivity index (χ2n) is 2.47. The van der Waals surface area contributed by atoms with Crippen molar-refractivity contribution in [3.8, 4) is 0 Å². The maximum absolute atomic E-state index is 10.2. The fourth-order valence-electron chi connectivity index (χ4n) is 0.531. The van der Waals surface area contributed by atoms with Crippen LogP contribution in [0.4, 0.5) is 0 Å². The summed E-state index contributed by atoms with van der Waals surface area (Å²) in [6, 6.07) is -0.00334. The second kappa shape index (κ2) is 4.66. The zero-order chi connectivity index (χ0) is 8.91. The van der Waals surface area contributed by atoms with Gasteiger partial charge in [0.25, 0.3) is 10.1 Å². The van der Waals surface area contributed by atoms with Crippen molar-refractivity contribution in [2.75, 3.05) is 18.8 Å². The van der Waals surface area contributed by atoms with E-state index >= 15 is 0 Å². The van der Waals surface area contributed by atoms with Crippen LogP contribution in [0.25, 0.3) is 0 Å². The number of nitrogens with one attached hydrogen (secondary N) is 1. The van der Waals surface area contributed by atoms with E-state index in [0.717, 1.165) is 0 Å². The van der Waals surface area contributed by atoms with Gasteiger partial charge in [-0.05, 0) is 6.92 Å². The molecule has 0 aromatic heterocycles. The Bertz CT molecular complexity index is 188. The number of rotatable bonds is 5. The first-order valence-corrected chi connectivity index (χ1v) is 4.94. The topological polar surface area (TPSA) is 92.4 Å². The van der Waals surface area contributed by atoms with Crippen molar-refractivity contribution in [3.63, 3.8) is 0 Å². The molecule has 1 atom stereocenters. The maximum Gasteiger partial charge on any atom is 0.266 e. The van der Waals surface area contributed by atoms with Gasteiger partial charge in [0, 0.05) is 19.1 Å². The summed E-state index contributed by atoms with van der Waals surface area (Å²) in [7, 11) is -3.83. The highest BCUT2D eigenvalue weighted by molar-refractivity contribution is 7.85. The molecule has 0 heterocycles. The molecule has 0 aliphatic rings. The lowest BCUT2D eigenvalue weighted by atomic mass is 10.4. The summed E-state index contributed by atoms with van der Waals surface area (Å²) in [6.45, 7) is 2.59. The molecule has 0 aromatic carbocycles. The predicted octanol–water partition coefficient (Wildman–Crippen LogP) is -1.19. The lowest BCUT2D eigenvalue weighted by molar-refractivity contribution is 0.479. The molecule has 0 spiro atoms. The third-order valence-electron chi connectivity index (χ3n) is 1.00. The smallest absolute Gasteiger partial charge is 0.266 e. The van der Waals surface area contributed by atoms with Crippen molar-refractivity contribution >= 4 is 10.1 Å². The van der Waals surface area contributed by atoms with E-state index in [9.17, 15) is 8.42 Å². The Morgan fingerprint density at radius 2 is 2.18 bits per heavy atom. The second-order valence-corrected chi connectivity index (χ2v) is 4.04. The molecule has 0 aliphatic heterocycles. The lowest BCUT2D eigenvalue weighted by Crippen LogP contribution is -2.33. The van der Waals surface area contributed by atoms with Gasteiger partial charge in [0.05, 0.1) is 5.75 Å². The molecule has 11 heavy (non-hydrogen) atoms. The van der Waals surface area contributed by atoms with Crippen LogP contribution < -0.4 is 11.1 Å². The molecule has 4 N–H and O–H groups in total. The monoisotopic (exact) mass is 182 g/mol. The van der Waals surface area contributed by atoms with Gasteiger partial charge in [-0.15, -0.1) is 0 Å². The largest absolute Gasteiger partial charge is 0.327 e. The molecule has 1 unspecified atom stereocenters. The van der Waals surface area contributed by atoms with Gasteiger partial charge in [0.1, 0.15) is 0 Å². The first kappa shape index (κ1) is 10.8. The van der Waals surface area contributed by atoms with Crippen LogP contribution in [0.1, 0.15) is 6.92 Å². The molecular formula is C5H14N2O3S. The van der Waals surface area contributed by atoms with Gasteiger partial charge in [-0.1, -0.05) is 0 Å². The van der Waals surface area contributed by atoms with E-state index in [-0.39, 0.29) is 18.3 Å². The molecule has 0 rings (SSSR count). The van der Waals surface area contributed by atoms with Gasteiger partial charge in [0.2, 0.25) is 0 Å². The zero-order valence-corrected chi connectivity index (χ0v) is 7.26. The first-order chi connectivity index (χ1) is 4.92. The summed E-state index contributed by atoms with van der Waals surface area (Å²) in [6.07, 6.45) is 0. The highest BCUT2D eigenvalue weighted by atomic mass is 32.2. The first-order valence-electron chi connectivity index (χ1n) is 3.33. The van der Waals surface area contributed by atoms with E-state index in [2.05, 4.69) is 5.32 Å². The van der Waals surface area contributed by atoms with Gasteiger partial charge < -0.3 is 11.1 Å². The molecule has 0 saturated carbocycles. The van der Waals surface area contributed by atoms with E-state index in [4.69, 9.17) is 10.3 Å². The lowest BCUT2D eigenvalue weighted by Gasteiger charge is -2.05. The average molecular weight is 182 g/mol. The Morgan fingerprint density at radius 3 is 2.55 bits per heavy atom. The summed E-state index contributed by atoms with van der Waals surface area (Å²) in [4.78, 5) is 0. The minimum atomic E-state index is -3.83. The SMILES string of the molecule is CC(N)CNCCS(=O)(=O)O. The molecule has 0 aliphatic carbocycles. The van der Waals surface area contributed by atoms with Crippen molar-refractivity contribution in [2.24, 2.45) is 5.73 Å². The third-order valence-corrected chi connectivity index (χ3v) is 1.72. The number of nitrogens with two attached hydrogens (primary N) is 1. The predicted molar refractivity (Wildman–Crippen MR) is 42.9 cm³/mol. The zero-order valence-electron chi connectivity index (χ0n) is 6.45. The molecule has 0 amide bonds. The molecule has 0 saturated heterocycles. The van der Waals surface area contributed by atoms with Crippen molar-refractivity contribution in [1.29, 1.82) is 0 Å². The van der Waals surface area contributed by atoms with Crippen LogP contribution in [0.2, 0.25) is 0 Å². The van der Waals surface area contributed by atoms with E-state index < -0.39 is 10.1 Å². The van der Waals surface area contributed by atoms with Gasteiger partial charge in [-0.2, -0.15) is 8.42 Å². The summed E-state index contributed by atoms with van der Waals surface area (Å²) in [5.74, 6) is -0.264. The fraction of sp³-hybridized carbons (Fsp3) is 1.00. The maximum atomic E-state index is 10.2. The van der Waals surface area contributed by atoms with Crippen molar-refractivity contribution in [2.45, 2.75) is 13.0 Å². The molecular weight excluding hydrogens is 168 g/mol. The van der Waals surface area contributed by atoms with Gasteiger partial charge in [0.15, 0.2) is 0 Å². The van der Waals surface area contributed by atoms with Gasteiger partial charge in [-0.3, -0.25) is 4.55 Å². The number of hydrogen-bond acceptors (Lipinski definition) is 4. The van der Waals surface area contributed by atoms with Crippen LogP contribution in [0, 0.1) is 0 Å². The average Bonchev–Trinajstić information content (AvgIpc) is 1.78. The highest BCUT2D eigenvalue weighted by Gasteiger charge is 2.02. The van der Waals surface area contributed by atoms with Crippen molar-refractivity contribution < 1.29 is 13.0 Å². The molecule has 0 aromatic rings. The quantitative estimate of drug-likeness (QED) is 0.367. The summed E-state index contributed by atoms with van der Waals surface area (Å²) in [5.41, 5.74) is 5.37. The summed E-state index contributed by atoms with van der Waals surface area (Å²) >= 11 is 0. The minimum absolute atomic E-state index is 0.00334. The van der Waals surface area contributed by atoms with Crippen LogP contribution in [-0.4, -0.2) is 37.9 Å². The highest BCUT2D eigenvalue weighted by Crippen LogP contribution is 1.78. The van der Waals surface area contributed by atoms with E-state index in [1.807, 2.05) is 0 Å². The van der Waals surface area contributed by atoms with Crippen LogP contribution in [0.3, 0.4) is 0 Å². The van der Waals surface area contributed by atoms with Crippen molar-refractivity contribution in [3.05, 3.63) is 0 Å². The minimum Gasteiger partial charge on any atom is -0.327 e. The molecule has 0 bridgehead atoms. The Kier molecular flexibility index (Phi) is 4.58. The molecule has 6 heteroatoms. The van der Waals surface area contributed by atoms with Crippen LogP contribution in [-0.2, 0) is 10.1 Å². The Labute approximate surface area is 66.7 Å². The normalized spacial score (nSPS) is 14.8. The number of hydrogen-bond donors (Lipinski definition) is 3. The molecule has 68 valence electrons. The van der Waals surface area contributed by atoms with E-state index in [1.54, 1.807) is 6.92 Å². The van der Waals surface area contributed by atoms with Crippen LogP contribution in [0.5, 0.6) is 0 Å². The van der Waals surface area contributed by atoms with Crippen LogP contribution >= 0.6 is 0 Å². The third kappa shape index (κ3) is 9.83. The Hall–Kier alpha value is -0.170. The standard InChI is InChI=1S/C5H14N2O3S/c1-5(6)4-7-2-3-11(8,9)10/h5,7H,2-4,6H2,1H3,(H,8,9,10). The van der Waals surface area contributed by atoms with Crippen molar-refractivity contribution in [1.82, 2.24) is 5.32 Å². The summed E-state index contributed by atoms with van der Waals surface area (Å²) in [5, 5.41) is 2.78. The van der Waals surface area contributed by atoms with Gasteiger partial charge in [-0.25, -0.2) is 0 Å². The Morgan fingerprint density at radius 1 is 1.64 bits per heavy atom. The Balaban J connectivity index is 3.30.